The third kappa shape index (κ3) is 4.21. The van der Waals surface area contributed by atoms with E-state index in [4.69, 9.17) is 0 Å². The van der Waals surface area contributed by atoms with Crippen molar-refractivity contribution in [2.24, 2.45) is 0 Å². The number of rotatable bonds is 4. The first-order valence-corrected chi connectivity index (χ1v) is 6.77. The fraction of sp³-hybridized carbons (Fsp3) is 0.250. The Morgan fingerprint density at radius 1 is 1.22 bits per heavy atom. The van der Waals surface area contributed by atoms with Gasteiger partial charge in [0.2, 0.25) is 0 Å². The monoisotopic (exact) mass is 325 g/mol. The Balaban J connectivity index is 2.50. The van der Waals surface area contributed by atoms with Crippen LogP contribution in [0, 0.1) is 0 Å². The summed E-state index contributed by atoms with van der Waals surface area (Å²) in [6, 6.07) is 8.42. The number of pyridine rings is 1. The van der Waals surface area contributed by atoms with Crippen LogP contribution in [0.5, 0.6) is 5.75 Å². The lowest BCUT2D eigenvalue weighted by Crippen LogP contribution is -2.20. The van der Waals surface area contributed by atoms with E-state index in [1.807, 2.05) is 19.1 Å². The van der Waals surface area contributed by atoms with Crippen LogP contribution in [0.1, 0.15) is 23.0 Å². The fourth-order valence-electron chi connectivity index (χ4n) is 2.03. The van der Waals surface area contributed by atoms with Crippen LogP contribution in [0.3, 0.4) is 0 Å². The highest BCUT2D eigenvalue weighted by molar-refractivity contribution is 5.91. The minimum absolute atomic E-state index is 0.409. The molecule has 0 aliphatic carbocycles. The molecule has 1 heterocycles. The number of carbonyl (C=O) groups is 1. The smallest absolute Gasteiger partial charge is 0.464 e. The van der Waals surface area contributed by atoms with E-state index >= 15 is 0 Å². The molecule has 0 radical (unpaired) electrons. The minimum Gasteiger partial charge on any atom is -0.464 e. The molecule has 0 saturated heterocycles. The maximum absolute atomic E-state index is 12.5. The zero-order valence-electron chi connectivity index (χ0n) is 12.5. The van der Waals surface area contributed by atoms with E-state index < -0.39 is 23.8 Å². The van der Waals surface area contributed by atoms with E-state index in [1.54, 1.807) is 12.1 Å². The second-order valence-corrected chi connectivity index (χ2v) is 4.66. The van der Waals surface area contributed by atoms with Crippen molar-refractivity contribution in [3.05, 3.63) is 47.8 Å². The Kier molecular flexibility index (Phi) is 4.88. The van der Waals surface area contributed by atoms with Crippen LogP contribution in [0.15, 0.2) is 36.5 Å². The van der Waals surface area contributed by atoms with E-state index in [9.17, 15) is 18.0 Å². The molecule has 2 aromatic rings. The number of carbonyl (C=O) groups excluding carboxylic acids is 1. The summed E-state index contributed by atoms with van der Waals surface area (Å²) in [6.45, 7) is 1.97. The molecule has 0 atom stereocenters. The van der Waals surface area contributed by atoms with Crippen molar-refractivity contribution < 1.29 is 27.4 Å². The van der Waals surface area contributed by atoms with Gasteiger partial charge in [0.05, 0.1) is 7.11 Å². The van der Waals surface area contributed by atoms with Crippen LogP contribution in [0.2, 0.25) is 0 Å². The van der Waals surface area contributed by atoms with Gasteiger partial charge in [-0.2, -0.15) is 0 Å². The van der Waals surface area contributed by atoms with Gasteiger partial charge in [-0.15, -0.1) is 13.2 Å². The quantitative estimate of drug-likeness (QED) is 0.797. The van der Waals surface area contributed by atoms with E-state index in [2.05, 4.69) is 14.5 Å². The van der Waals surface area contributed by atoms with E-state index in [0.717, 1.165) is 25.2 Å². The molecule has 122 valence electrons. The molecule has 0 unspecified atom stereocenters. The lowest BCUT2D eigenvalue weighted by atomic mass is 10.0. The highest BCUT2D eigenvalue weighted by atomic mass is 19.4. The first-order valence-electron chi connectivity index (χ1n) is 6.77. The molecule has 0 fully saturated rings. The van der Waals surface area contributed by atoms with Gasteiger partial charge in [-0.05, 0) is 23.6 Å². The van der Waals surface area contributed by atoms with Crippen LogP contribution in [0.4, 0.5) is 13.2 Å². The van der Waals surface area contributed by atoms with Gasteiger partial charge in [0.15, 0.2) is 11.4 Å². The van der Waals surface area contributed by atoms with Gasteiger partial charge in [0, 0.05) is 11.8 Å². The predicted octanol–water partition coefficient (Wildman–Crippen LogP) is 4.00. The normalized spacial score (nSPS) is 11.2. The van der Waals surface area contributed by atoms with E-state index in [-0.39, 0.29) is 0 Å². The molecule has 0 amide bonds. The number of hydrogen-bond donors (Lipinski definition) is 0. The van der Waals surface area contributed by atoms with Crippen molar-refractivity contribution in [3.8, 4) is 16.9 Å². The summed E-state index contributed by atoms with van der Waals surface area (Å²) in [5, 5.41) is 0. The molecule has 0 aliphatic heterocycles. The number of ether oxygens (including phenoxy) is 2. The molecular formula is C16H14F3NO3. The number of methoxy groups -OCH3 is 1. The van der Waals surface area contributed by atoms with E-state index in [0.29, 0.717) is 11.1 Å². The Labute approximate surface area is 130 Å². The van der Waals surface area contributed by atoms with Gasteiger partial charge < -0.3 is 9.47 Å². The van der Waals surface area contributed by atoms with Crippen molar-refractivity contribution >= 4 is 5.97 Å². The van der Waals surface area contributed by atoms with Crippen LogP contribution in [-0.2, 0) is 11.2 Å². The highest BCUT2D eigenvalue weighted by Gasteiger charge is 2.34. The topological polar surface area (TPSA) is 48.4 Å². The molecule has 0 aliphatic rings. The zero-order chi connectivity index (χ0) is 17.0. The number of aromatic nitrogens is 1. The summed E-state index contributed by atoms with van der Waals surface area (Å²) < 4.78 is 46.0. The second kappa shape index (κ2) is 6.68. The number of benzene rings is 1. The lowest BCUT2D eigenvalue weighted by Gasteiger charge is -2.13. The van der Waals surface area contributed by atoms with Gasteiger partial charge >= 0.3 is 12.3 Å². The largest absolute Gasteiger partial charge is 0.573 e. The maximum atomic E-state index is 12.5. The molecule has 0 bridgehead atoms. The summed E-state index contributed by atoms with van der Waals surface area (Å²) in [4.78, 5) is 15.3. The standard InChI is InChI=1S/C16H14F3NO3/c1-3-10-5-4-6-11(7-10)12-8-13(23-16(17,18)19)14(20-9-12)15(21)22-2/h4-9H,3H2,1-2H3. The Morgan fingerprint density at radius 2 is 1.96 bits per heavy atom. The Morgan fingerprint density at radius 3 is 2.57 bits per heavy atom. The van der Waals surface area contributed by atoms with Gasteiger partial charge in [0.25, 0.3) is 0 Å². The summed E-state index contributed by atoms with van der Waals surface area (Å²) in [5.41, 5.74) is 1.59. The SMILES string of the molecule is CCc1cccc(-c2cnc(C(=O)OC)c(OC(F)(F)F)c2)c1. The Hall–Kier alpha value is -2.57. The number of aryl methyl sites for hydroxylation is 1. The van der Waals surface area contributed by atoms with Crippen molar-refractivity contribution in [3.63, 3.8) is 0 Å². The summed E-state index contributed by atoms with van der Waals surface area (Å²) in [5.74, 6) is -1.69. The van der Waals surface area contributed by atoms with Gasteiger partial charge in [-0.3, -0.25) is 0 Å². The third-order valence-corrected chi connectivity index (χ3v) is 3.13. The highest BCUT2D eigenvalue weighted by Crippen LogP contribution is 2.30. The number of halogens is 3. The zero-order valence-corrected chi connectivity index (χ0v) is 12.5. The van der Waals surface area contributed by atoms with Crippen molar-refractivity contribution in [2.45, 2.75) is 19.7 Å². The first kappa shape index (κ1) is 16.8. The molecule has 2 rings (SSSR count). The fourth-order valence-corrected chi connectivity index (χ4v) is 2.03. The summed E-state index contributed by atoms with van der Waals surface area (Å²) >= 11 is 0. The third-order valence-electron chi connectivity index (χ3n) is 3.13. The summed E-state index contributed by atoms with van der Waals surface area (Å²) in [6.07, 6.45) is -2.84. The number of alkyl halides is 3. The minimum atomic E-state index is -4.94. The lowest BCUT2D eigenvalue weighted by molar-refractivity contribution is -0.274. The van der Waals surface area contributed by atoms with Crippen molar-refractivity contribution in [2.75, 3.05) is 7.11 Å². The predicted molar refractivity (Wildman–Crippen MR) is 77.1 cm³/mol. The van der Waals surface area contributed by atoms with Crippen LogP contribution >= 0.6 is 0 Å². The molecular weight excluding hydrogens is 311 g/mol. The van der Waals surface area contributed by atoms with Crippen LogP contribution in [-0.4, -0.2) is 24.4 Å². The van der Waals surface area contributed by atoms with Crippen molar-refractivity contribution in [1.82, 2.24) is 4.98 Å². The second-order valence-electron chi connectivity index (χ2n) is 4.66. The van der Waals surface area contributed by atoms with Crippen LogP contribution in [0.25, 0.3) is 11.1 Å². The Bertz CT molecular complexity index is 714. The van der Waals surface area contributed by atoms with Gasteiger partial charge in [0.1, 0.15) is 0 Å². The van der Waals surface area contributed by atoms with Gasteiger partial charge in [-0.25, -0.2) is 9.78 Å². The molecule has 1 aromatic carbocycles. The summed E-state index contributed by atoms with van der Waals surface area (Å²) in [7, 11) is 1.06. The van der Waals surface area contributed by atoms with E-state index in [1.165, 1.54) is 6.20 Å². The molecule has 23 heavy (non-hydrogen) atoms. The van der Waals surface area contributed by atoms with Crippen molar-refractivity contribution in [1.29, 1.82) is 0 Å². The number of esters is 1. The molecule has 0 spiro atoms. The van der Waals surface area contributed by atoms with Gasteiger partial charge in [-0.1, -0.05) is 31.2 Å². The maximum Gasteiger partial charge on any atom is 0.573 e. The molecule has 1 aromatic heterocycles. The molecule has 4 nitrogen and oxygen atoms in total. The average molecular weight is 325 g/mol. The molecule has 0 saturated carbocycles. The first-order chi connectivity index (χ1) is 10.8. The average Bonchev–Trinajstić information content (AvgIpc) is 2.52. The molecule has 0 N–H and O–H groups in total. The van der Waals surface area contributed by atoms with Crippen LogP contribution < -0.4 is 4.74 Å². The molecule has 7 heteroatoms. The number of hydrogen-bond acceptors (Lipinski definition) is 4. The number of nitrogens with zero attached hydrogens (tertiary/aromatic N) is 1.